The molecule has 2 heterocycles. The molecule has 0 amide bonds. The molecule has 0 atom stereocenters. The third kappa shape index (κ3) is 3.63. The quantitative estimate of drug-likeness (QED) is 0.777. The molecule has 0 saturated carbocycles. The van der Waals surface area contributed by atoms with Crippen molar-refractivity contribution in [3.8, 4) is 0 Å². The van der Waals surface area contributed by atoms with Crippen LogP contribution in [0.4, 0.5) is 10.2 Å². The van der Waals surface area contributed by atoms with Gasteiger partial charge in [-0.1, -0.05) is 22.9 Å². The third-order valence-corrected chi connectivity index (χ3v) is 3.67. The van der Waals surface area contributed by atoms with Crippen molar-refractivity contribution in [2.45, 2.75) is 32.3 Å². The first-order chi connectivity index (χ1) is 9.26. The summed E-state index contributed by atoms with van der Waals surface area (Å²) in [5, 5.41) is 0.855. The highest BCUT2D eigenvalue weighted by molar-refractivity contribution is 9.09. The summed E-state index contributed by atoms with van der Waals surface area (Å²) in [4.78, 5) is 10.0. The van der Waals surface area contributed by atoms with E-state index in [9.17, 15) is 4.39 Å². The number of hydrogen-bond donors (Lipinski definition) is 0. The molecule has 0 bridgehead atoms. The van der Waals surface area contributed by atoms with Gasteiger partial charge in [-0.2, -0.15) is 0 Å². The van der Waals surface area contributed by atoms with E-state index in [0.29, 0.717) is 17.9 Å². The number of aromatic nitrogens is 2. The second-order valence-corrected chi connectivity index (χ2v) is 5.35. The van der Waals surface area contributed by atoms with E-state index >= 15 is 0 Å². The summed E-state index contributed by atoms with van der Waals surface area (Å²) < 4.78 is 19.8. The average molecular weight is 332 g/mol. The molecule has 106 valence electrons. The van der Waals surface area contributed by atoms with Crippen LogP contribution in [0.5, 0.6) is 0 Å². The Bertz CT molecular complexity index is 411. The van der Waals surface area contributed by atoms with Gasteiger partial charge in [-0.15, -0.1) is 0 Å². The van der Waals surface area contributed by atoms with E-state index < -0.39 is 0 Å². The topological polar surface area (TPSA) is 38.2 Å². The lowest BCUT2D eigenvalue weighted by Crippen LogP contribution is -2.38. The molecular weight excluding hydrogens is 313 g/mol. The van der Waals surface area contributed by atoms with E-state index in [-0.39, 0.29) is 11.9 Å². The molecule has 2 rings (SSSR count). The number of aryl methyl sites for hydroxylation is 1. The van der Waals surface area contributed by atoms with Crippen molar-refractivity contribution in [2.24, 2.45) is 0 Å². The first-order valence-corrected chi connectivity index (χ1v) is 7.80. The molecular formula is C13H19BrFN3O. The molecule has 0 aromatic carbocycles. The van der Waals surface area contributed by atoms with Gasteiger partial charge in [0.1, 0.15) is 6.33 Å². The zero-order valence-corrected chi connectivity index (χ0v) is 12.7. The van der Waals surface area contributed by atoms with E-state index in [4.69, 9.17) is 4.74 Å². The SMILES string of the molecule is CCc1ncnc(N2CCC(OCCBr)CC2)c1F. The summed E-state index contributed by atoms with van der Waals surface area (Å²) in [5.74, 6) is 0.163. The summed E-state index contributed by atoms with van der Waals surface area (Å²) in [7, 11) is 0. The lowest BCUT2D eigenvalue weighted by atomic mass is 10.1. The van der Waals surface area contributed by atoms with Gasteiger partial charge in [0.2, 0.25) is 0 Å². The number of halogens is 2. The fraction of sp³-hybridized carbons (Fsp3) is 0.692. The van der Waals surface area contributed by atoms with E-state index in [1.54, 1.807) is 0 Å². The summed E-state index contributed by atoms with van der Waals surface area (Å²) in [6, 6.07) is 0. The number of nitrogens with zero attached hydrogens (tertiary/aromatic N) is 3. The maximum Gasteiger partial charge on any atom is 0.187 e. The van der Waals surface area contributed by atoms with Crippen molar-refractivity contribution in [1.82, 2.24) is 9.97 Å². The van der Waals surface area contributed by atoms with Gasteiger partial charge in [0, 0.05) is 18.4 Å². The van der Waals surface area contributed by atoms with Crippen LogP contribution < -0.4 is 4.90 Å². The zero-order valence-electron chi connectivity index (χ0n) is 11.1. The lowest BCUT2D eigenvalue weighted by Gasteiger charge is -2.32. The minimum absolute atomic E-state index is 0.273. The van der Waals surface area contributed by atoms with E-state index in [2.05, 4.69) is 25.9 Å². The summed E-state index contributed by atoms with van der Waals surface area (Å²) >= 11 is 3.35. The molecule has 19 heavy (non-hydrogen) atoms. The predicted molar refractivity (Wildman–Crippen MR) is 76.3 cm³/mol. The Morgan fingerprint density at radius 3 is 2.79 bits per heavy atom. The van der Waals surface area contributed by atoms with Crippen LogP contribution in [-0.4, -0.2) is 41.1 Å². The predicted octanol–water partition coefficient (Wildman–Crippen LogP) is 2.56. The molecule has 1 aliphatic rings. The fourth-order valence-corrected chi connectivity index (χ4v) is 2.49. The minimum Gasteiger partial charge on any atom is -0.377 e. The van der Waals surface area contributed by atoms with Gasteiger partial charge in [0.25, 0.3) is 0 Å². The molecule has 0 N–H and O–H groups in total. The average Bonchev–Trinajstić information content (AvgIpc) is 2.46. The van der Waals surface area contributed by atoms with E-state index in [1.807, 2.05) is 11.8 Å². The van der Waals surface area contributed by atoms with Crippen LogP contribution in [0.25, 0.3) is 0 Å². The van der Waals surface area contributed by atoms with E-state index in [1.165, 1.54) is 6.33 Å². The summed E-state index contributed by atoms with van der Waals surface area (Å²) in [5.41, 5.74) is 0.489. The number of ether oxygens (including phenoxy) is 1. The van der Waals surface area contributed by atoms with Crippen molar-refractivity contribution in [3.63, 3.8) is 0 Å². The van der Waals surface area contributed by atoms with Gasteiger partial charge in [0.15, 0.2) is 11.6 Å². The smallest absolute Gasteiger partial charge is 0.187 e. The van der Waals surface area contributed by atoms with Crippen molar-refractivity contribution in [3.05, 3.63) is 17.8 Å². The van der Waals surface area contributed by atoms with Gasteiger partial charge in [0.05, 0.1) is 18.4 Å². The number of piperidine rings is 1. The monoisotopic (exact) mass is 331 g/mol. The Labute approximate surface area is 121 Å². The Hall–Kier alpha value is -0.750. The largest absolute Gasteiger partial charge is 0.377 e. The third-order valence-electron chi connectivity index (χ3n) is 3.35. The van der Waals surface area contributed by atoms with Crippen LogP contribution in [0.2, 0.25) is 0 Å². The molecule has 0 radical (unpaired) electrons. The van der Waals surface area contributed by atoms with Gasteiger partial charge in [-0.05, 0) is 19.3 Å². The standard InChI is InChI=1S/C13H19BrFN3O/c1-2-11-12(15)13(17-9-16-11)18-6-3-10(4-7-18)19-8-5-14/h9-10H,2-8H2,1H3. The molecule has 1 aromatic rings. The van der Waals surface area contributed by atoms with Crippen molar-refractivity contribution in [1.29, 1.82) is 0 Å². The van der Waals surface area contributed by atoms with Crippen LogP contribution in [0.3, 0.4) is 0 Å². The van der Waals surface area contributed by atoms with Crippen LogP contribution in [0, 0.1) is 5.82 Å². The summed E-state index contributed by atoms with van der Waals surface area (Å²) in [6.07, 6.45) is 4.15. The van der Waals surface area contributed by atoms with Gasteiger partial charge < -0.3 is 9.64 Å². The maximum absolute atomic E-state index is 14.2. The Morgan fingerprint density at radius 2 is 2.16 bits per heavy atom. The highest BCUT2D eigenvalue weighted by atomic mass is 79.9. The molecule has 0 unspecified atom stereocenters. The number of hydrogen-bond acceptors (Lipinski definition) is 4. The zero-order chi connectivity index (χ0) is 13.7. The molecule has 1 aromatic heterocycles. The first kappa shape index (κ1) is 14.7. The van der Waals surface area contributed by atoms with Crippen molar-refractivity contribution >= 4 is 21.7 Å². The van der Waals surface area contributed by atoms with Crippen molar-refractivity contribution < 1.29 is 9.13 Å². The summed E-state index contributed by atoms with van der Waals surface area (Å²) in [6.45, 7) is 4.19. The Morgan fingerprint density at radius 1 is 1.42 bits per heavy atom. The molecule has 4 nitrogen and oxygen atoms in total. The second kappa shape index (κ2) is 7.14. The first-order valence-electron chi connectivity index (χ1n) is 6.68. The van der Waals surface area contributed by atoms with Gasteiger partial charge in [-0.25, -0.2) is 14.4 Å². The Balaban J connectivity index is 1.98. The minimum atomic E-state index is -0.273. The lowest BCUT2D eigenvalue weighted by molar-refractivity contribution is 0.0479. The number of rotatable bonds is 5. The Kier molecular flexibility index (Phi) is 5.51. The molecule has 1 aliphatic heterocycles. The normalized spacial score (nSPS) is 16.9. The van der Waals surface area contributed by atoms with Gasteiger partial charge >= 0.3 is 0 Å². The molecule has 1 saturated heterocycles. The van der Waals surface area contributed by atoms with Crippen LogP contribution >= 0.6 is 15.9 Å². The van der Waals surface area contributed by atoms with Crippen LogP contribution in [-0.2, 0) is 11.2 Å². The van der Waals surface area contributed by atoms with Crippen LogP contribution in [0.1, 0.15) is 25.5 Å². The van der Waals surface area contributed by atoms with Gasteiger partial charge in [-0.3, -0.25) is 0 Å². The molecule has 0 aliphatic carbocycles. The molecule has 1 fully saturated rings. The van der Waals surface area contributed by atoms with E-state index in [0.717, 1.165) is 37.9 Å². The number of alkyl halides is 1. The fourth-order valence-electron chi connectivity index (χ4n) is 2.31. The second-order valence-electron chi connectivity index (χ2n) is 4.56. The van der Waals surface area contributed by atoms with Crippen molar-refractivity contribution in [2.75, 3.05) is 29.9 Å². The molecule has 0 spiro atoms. The highest BCUT2D eigenvalue weighted by Crippen LogP contribution is 2.23. The maximum atomic E-state index is 14.2. The highest BCUT2D eigenvalue weighted by Gasteiger charge is 2.23. The van der Waals surface area contributed by atoms with Crippen LogP contribution in [0.15, 0.2) is 6.33 Å². The molecule has 6 heteroatoms. The number of anilines is 1.